The van der Waals surface area contributed by atoms with Gasteiger partial charge in [0, 0.05) is 17.3 Å². The van der Waals surface area contributed by atoms with E-state index in [0.29, 0.717) is 0 Å². The van der Waals surface area contributed by atoms with Crippen LogP contribution in [0.5, 0.6) is 0 Å². The van der Waals surface area contributed by atoms with Crippen LogP contribution >= 0.6 is 11.6 Å². The molecule has 0 heterocycles. The van der Waals surface area contributed by atoms with E-state index in [1.54, 1.807) is 0 Å². The van der Waals surface area contributed by atoms with Crippen molar-refractivity contribution in [3.8, 4) is 0 Å². The molecule has 0 bridgehead atoms. The summed E-state index contributed by atoms with van der Waals surface area (Å²) in [4.78, 5) is 0. The zero-order valence-corrected chi connectivity index (χ0v) is 8.56. The van der Waals surface area contributed by atoms with Crippen LogP contribution in [-0.2, 0) is 6.54 Å². The van der Waals surface area contributed by atoms with Gasteiger partial charge in [-0.05, 0) is 24.1 Å². The predicted molar refractivity (Wildman–Crippen MR) is 57.7 cm³/mol. The van der Waals surface area contributed by atoms with Crippen molar-refractivity contribution >= 4 is 11.6 Å². The van der Waals surface area contributed by atoms with Crippen molar-refractivity contribution < 1.29 is 0 Å². The molecule has 0 aliphatic rings. The topological polar surface area (TPSA) is 12.0 Å². The lowest BCUT2D eigenvalue weighted by Gasteiger charge is -2.06. The summed E-state index contributed by atoms with van der Waals surface area (Å²) in [5, 5.41) is 4.01. The molecule has 0 amide bonds. The number of rotatable bonds is 4. The molecule has 70 valence electrons. The Morgan fingerprint density at radius 1 is 1.38 bits per heavy atom. The summed E-state index contributed by atoms with van der Waals surface area (Å²) in [5.41, 5.74) is 2.29. The van der Waals surface area contributed by atoms with Gasteiger partial charge in [0.2, 0.25) is 0 Å². The van der Waals surface area contributed by atoms with Gasteiger partial charge in [0.25, 0.3) is 0 Å². The van der Waals surface area contributed by atoms with E-state index in [0.717, 1.165) is 23.7 Å². The highest BCUT2D eigenvalue weighted by Gasteiger charge is 1.93. The molecule has 0 spiro atoms. The molecule has 0 unspecified atom stereocenters. The van der Waals surface area contributed by atoms with Crippen molar-refractivity contribution in [1.29, 1.82) is 0 Å². The summed E-state index contributed by atoms with van der Waals surface area (Å²) in [6, 6.07) is 7.82. The molecule has 0 aromatic heterocycles. The van der Waals surface area contributed by atoms with Gasteiger partial charge < -0.3 is 5.32 Å². The summed E-state index contributed by atoms with van der Waals surface area (Å²) in [5.74, 6) is 0. The monoisotopic (exact) mass is 195 g/mol. The Bertz CT molecular complexity index is 277. The number of hydrogen-bond donors (Lipinski definition) is 1. The molecule has 1 aromatic rings. The largest absolute Gasteiger partial charge is 0.385 e. The molecule has 1 N–H and O–H groups in total. The minimum absolute atomic E-state index is 0.776. The van der Waals surface area contributed by atoms with Gasteiger partial charge in [0.1, 0.15) is 0 Å². The second kappa shape index (κ2) is 4.93. The predicted octanol–water partition coefficient (Wildman–Crippen LogP) is 3.35. The van der Waals surface area contributed by atoms with Gasteiger partial charge in [-0.25, -0.2) is 0 Å². The summed E-state index contributed by atoms with van der Waals surface area (Å²) in [6.45, 7) is 6.77. The average Bonchev–Trinajstić information content (AvgIpc) is 2.16. The minimum Gasteiger partial charge on any atom is -0.385 e. The zero-order chi connectivity index (χ0) is 9.68. The standard InChI is InChI=1S/C11H14ClN/c1-3-9(2)13-8-10-4-6-11(12)7-5-10/h4-7,13H,2-3,8H2,1H3. The Morgan fingerprint density at radius 2 is 2.00 bits per heavy atom. The van der Waals surface area contributed by atoms with Gasteiger partial charge in [-0.15, -0.1) is 0 Å². The Morgan fingerprint density at radius 3 is 2.54 bits per heavy atom. The van der Waals surface area contributed by atoms with Crippen LogP contribution in [0.3, 0.4) is 0 Å². The molecule has 2 heteroatoms. The smallest absolute Gasteiger partial charge is 0.0406 e. The molecule has 1 rings (SSSR count). The highest BCUT2D eigenvalue weighted by molar-refractivity contribution is 6.30. The van der Waals surface area contributed by atoms with Crippen molar-refractivity contribution in [2.24, 2.45) is 0 Å². The van der Waals surface area contributed by atoms with Crippen LogP contribution in [0.25, 0.3) is 0 Å². The Labute approximate surface area is 84.4 Å². The summed E-state index contributed by atoms with van der Waals surface area (Å²) < 4.78 is 0. The Hall–Kier alpha value is -0.950. The van der Waals surface area contributed by atoms with Crippen LogP contribution in [0.1, 0.15) is 18.9 Å². The van der Waals surface area contributed by atoms with E-state index in [2.05, 4.69) is 18.8 Å². The molecule has 13 heavy (non-hydrogen) atoms. The van der Waals surface area contributed by atoms with E-state index < -0.39 is 0 Å². The van der Waals surface area contributed by atoms with E-state index in [9.17, 15) is 0 Å². The third-order valence-electron chi connectivity index (χ3n) is 1.88. The molecular formula is C11H14ClN. The molecule has 1 aromatic carbocycles. The molecule has 0 saturated carbocycles. The maximum Gasteiger partial charge on any atom is 0.0406 e. The van der Waals surface area contributed by atoms with Crippen LogP contribution in [-0.4, -0.2) is 0 Å². The first kappa shape index (κ1) is 10.1. The van der Waals surface area contributed by atoms with Crippen LogP contribution in [0.2, 0.25) is 5.02 Å². The lowest BCUT2D eigenvalue weighted by Crippen LogP contribution is -2.10. The molecule has 0 aliphatic carbocycles. The lowest BCUT2D eigenvalue weighted by atomic mass is 10.2. The van der Waals surface area contributed by atoms with E-state index in [1.807, 2.05) is 24.3 Å². The second-order valence-corrected chi connectivity index (χ2v) is 3.37. The van der Waals surface area contributed by atoms with Crippen LogP contribution in [0.4, 0.5) is 0 Å². The van der Waals surface area contributed by atoms with Crippen molar-refractivity contribution in [3.63, 3.8) is 0 Å². The summed E-state index contributed by atoms with van der Waals surface area (Å²) >= 11 is 5.76. The molecule has 0 radical (unpaired) electrons. The first-order valence-corrected chi connectivity index (χ1v) is 4.76. The normalized spacial score (nSPS) is 9.69. The number of benzene rings is 1. The minimum atomic E-state index is 0.776. The zero-order valence-electron chi connectivity index (χ0n) is 7.81. The molecule has 1 nitrogen and oxygen atoms in total. The van der Waals surface area contributed by atoms with Crippen molar-refractivity contribution in [3.05, 3.63) is 47.1 Å². The molecule has 0 atom stereocenters. The highest BCUT2D eigenvalue weighted by Crippen LogP contribution is 2.09. The maximum atomic E-state index is 5.76. The fourth-order valence-corrected chi connectivity index (χ4v) is 1.08. The molecule has 0 fully saturated rings. The number of hydrogen-bond acceptors (Lipinski definition) is 1. The first-order valence-electron chi connectivity index (χ1n) is 4.38. The van der Waals surface area contributed by atoms with Gasteiger partial charge >= 0.3 is 0 Å². The van der Waals surface area contributed by atoms with E-state index >= 15 is 0 Å². The van der Waals surface area contributed by atoms with Gasteiger partial charge in [-0.3, -0.25) is 0 Å². The number of halogens is 1. The number of allylic oxidation sites excluding steroid dienone is 1. The lowest BCUT2D eigenvalue weighted by molar-refractivity contribution is 0.777. The van der Waals surface area contributed by atoms with Gasteiger partial charge in [-0.2, -0.15) is 0 Å². The first-order chi connectivity index (χ1) is 6.22. The van der Waals surface area contributed by atoms with E-state index in [4.69, 9.17) is 11.6 Å². The molecule has 0 aliphatic heterocycles. The molecule has 0 saturated heterocycles. The average molecular weight is 196 g/mol. The van der Waals surface area contributed by atoms with Crippen molar-refractivity contribution in [2.45, 2.75) is 19.9 Å². The van der Waals surface area contributed by atoms with Crippen LogP contribution in [0, 0.1) is 0 Å². The third kappa shape index (κ3) is 3.51. The SMILES string of the molecule is C=C(CC)NCc1ccc(Cl)cc1. The van der Waals surface area contributed by atoms with E-state index in [-0.39, 0.29) is 0 Å². The third-order valence-corrected chi connectivity index (χ3v) is 2.13. The summed E-state index contributed by atoms with van der Waals surface area (Å²) in [6.07, 6.45) is 0.966. The summed E-state index contributed by atoms with van der Waals surface area (Å²) in [7, 11) is 0. The highest BCUT2D eigenvalue weighted by atomic mass is 35.5. The maximum absolute atomic E-state index is 5.76. The fourth-order valence-electron chi connectivity index (χ4n) is 0.954. The van der Waals surface area contributed by atoms with Gasteiger partial charge in [-0.1, -0.05) is 37.2 Å². The van der Waals surface area contributed by atoms with Crippen LogP contribution < -0.4 is 5.32 Å². The second-order valence-electron chi connectivity index (χ2n) is 2.94. The van der Waals surface area contributed by atoms with Gasteiger partial charge in [0.15, 0.2) is 0 Å². The Balaban J connectivity index is 2.46. The molecular weight excluding hydrogens is 182 g/mol. The number of nitrogens with one attached hydrogen (secondary N) is 1. The van der Waals surface area contributed by atoms with E-state index in [1.165, 1.54) is 5.56 Å². The fraction of sp³-hybridized carbons (Fsp3) is 0.273. The Kier molecular flexibility index (Phi) is 3.84. The van der Waals surface area contributed by atoms with Crippen molar-refractivity contribution in [1.82, 2.24) is 5.32 Å². The van der Waals surface area contributed by atoms with Crippen LogP contribution in [0.15, 0.2) is 36.5 Å². The quantitative estimate of drug-likeness (QED) is 0.777. The van der Waals surface area contributed by atoms with Crippen molar-refractivity contribution in [2.75, 3.05) is 0 Å². The van der Waals surface area contributed by atoms with Gasteiger partial charge in [0.05, 0.1) is 0 Å².